The van der Waals surface area contributed by atoms with Gasteiger partial charge in [-0.3, -0.25) is 0 Å². The van der Waals surface area contributed by atoms with Gasteiger partial charge < -0.3 is 5.32 Å². The van der Waals surface area contributed by atoms with Crippen molar-refractivity contribution in [3.63, 3.8) is 0 Å². The van der Waals surface area contributed by atoms with Gasteiger partial charge in [-0.15, -0.1) is 11.8 Å². The molecule has 66 valence electrons. The summed E-state index contributed by atoms with van der Waals surface area (Å²) in [7, 11) is 0. The van der Waals surface area contributed by atoms with Crippen LogP contribution in [0, 0.1) is 0 Å². The fourth-order valence-corrected chi connectivity index (χ4v) is 2.16. The molecule has 0 atom stereocenters. The maximum Gasteiger partial charge on any atom is 0.0901 e. The van der Waals surface area contributed by atoms with Crippen molar-refractivity contribution in [3.8, 4) is 0 Å². The highest BCUT2D eigenvalue weighted by Gasteiger charge is 2.08. The van der Waals surface area contributed by atoms with Gasteiger partial charge >= 0.3 is 0 Å². The van der Waals surface area contributed by atoms with E-state index in [1.54, 1.807) is 11.8 Å². The first-order chi connectivity index (χ1) is 6.36. The Morgan fingerprint density at radius 2 is 2.00 bits per heavy atom. The Hall–Kier alpha value is -0.800. The van der Waals surface area contributed by atoms with Crippen LogP contribution >= 0.6 is 24.0 Å². The number of nitrogens with one attached hydrogen (secondary N) is 1. The van der Waals surface area contributed by atoms with Crippen molar-refractivity contribution < 1.29 is 0 Å². The van der Waals surface area contributed by atoms with Crippen molar-refractivity contribution in [3.05, 3.63) is 41.3 Å². The van der Waals surface area contributed by atoms with Crippen LogP contribution in [-0.2, 0) is 0 Å². The van der Waals surface area contributed by atoms with Crippen molar-refractivity contribution in [1.29, 1.82) is 0 Å². The summed E-state index contributed by atoms with van der Waals surface area (Å²) in [5, 5.41) is 5.32. The van der Waals surface area contributed by atoms with Gasteiger partial charge in [-0.2, -0.15) is 0 Å². The minimum Gasteiger partial charge on any atom is -0.348 e. The molecule has 0 spiro atoms. The second kappa shape index (κ2) is 3.94. The van der Waals surface area contributed by atoms with Crippen LogP contribution in [0.2, 0.25) is 0 Å². The number of hydrogen-bond acceptors (Lipinski definition) is 2. The van der Waals surface area contributed by atoms with Crippen molar-refractivity contribution >= 4 is 34.7 Å². The predicted octanol–water partition coefficient (Wildman–Crippen LogP) is 2.65. The third-order valence-electron chi connectivity index (χ3n) is 1.77. The molecule has 0 saturated carbocycles. The summed E-state index contributed by atoms with van der Waals surface area (Å²) in [4.78, 5) is 0.909. The van der Waals surface area contributed by atoms with Gasteiger partial charge in [-0.05, 0) is 11.0 Å². The van der Waals surface area contributed by atoms with Gasteiger partial charge in [0, 0.05) is 5.75 Å². The minimum atomic E-state index is 0.895. The van der Waals surface area contributed by atoms with E-state index in [-0.39, 0.29) is 0 Å². The summed E-state index contributed by atoms with van der Waals surface area (Å²) >= 11 is 6.85. The second-order valence-electron chi connectivity index (χ2n) is 2.76. The average molecular weight is 207 g/mol. The molecule has 1 nitrogen and oxygen atoms in total. The second-order valence-corrected chi connectivity index (χ2v) is 4.11. The molecule has 1 aliphatic heterocycles. The first-order valence-electron chi connectivity index (χ1n) is 4.03. The summed E-state index contributed by atoms with van der Waals surface area (Å²) < 4.78 is 0. The third kappa shape index (κ3) is 2.11. The van der Waals surface area contributed by atoms with E-state index in [4.69, 9.17) is 12.2 Å². The summed E-state index contributed by atoms with van der Waals surface area (Å²) in [6.45, 7) is 0. The molecule has 2 rings (SSSR count). The standard InChI is InChI=1S/C10H9NS2/c12-10-7-13-6-9(11-10)8-4-2-1-3-5-8/h1-6H,7H2,(H,11,12). The number of thiocarbonyl (C=S) groups is 1. The lowest BCUT2D eigenvalue weighted by atomic mass is 10.2. The van der Waals surface area contributed by atoms with Gasteiger partial charge in [0.1, 0.15) is 0 Å². The van der Waals surface area contributed by atoms with E-state index in [2.05, 4.69) is 22.9 Å². The van der Waals surface area contributed by atoms with Crippen LogP contribution in [0.4, 0.5) is 0 Å². The molecule has 0 aromatic heterocycles. The normalized spacial score (nSPS) is 16.3. The lowest BCUT2D eigenvalue weighted by Gasteiger charge is -2.15. The van der Waals surface area contributed by atoms with Crippen LogP contribution in [0.3, 0.4) is 0 Å². The highest BCUT2D eigenvalue weighted by molar-refractivity contribution is 8.04. The number of thioether (sulfide) groups is 1. The van der Waals surface area contributed by atoms with E-state index in [1.807, 2.05) is 18.2 Å². The molecule has 0 aliphatic carbocycles. The van der Waals surface area contributed by atoms with Gasteiger partial charge in [-0.1, -0.05) is 42.5 Å². The van der Waals surface area contributed by atoms with Crippen LogP contribution in [0.15, 0.2) is 35.7 Å². The van der Waals surface area contributed by atoms with Crippen LogP contribution in [-0.4, -0.2) is 10.7 Å². The van der Waals surface area contributed by atoms with E-state index in [1.165, 1.54) is 5.56 Å². The van der Waals surface area contributed by atoms with Crippen LogP contribution in [0.1, 0.15) is 5.56 Å². The highest BCUT2D eigenvalue weighted by Crippen LogP contribution is 2.20. The molecule has 1 aliphatic rings. The fourth-order valence-electron chi connectivity index (χ4n) is 1.17. The van der Waals surface area contributed by atoms with E-state index >= 15 is 0 Å². The van der Waals surface area contributed by atoms with E-state index in [9.17, 15) is 0 Å². The lowest BCUT2D eigenvalue weighted by molar-refractivity contribution is 1.31. The van der Waals surface area contributed by atoms with E-state index in [0.29, 0.717) is 0 Å². The molecule has 3 heteroatoms. The summed E-state index contributed by atoms with van der Waals surface area (Å²) in [6.07, 6.45) is 0. The first-order valence-corrected chi connectivity index (χ1v) is 5.49. The van der Waals surface area contributed by atoms with Crippen LogP contribution in [0.25, 0.3) is 5.70 Å². The fraction of sp³-hybridized carbons (Fsp3) is 0.100. The average Bonchev–Trinajstić information content (AvgIpc) is 2.19. The topological polar surface area (TPSA) is 12.0 Å². The van der Waals surface area contributed by atoms with Crippen LogP contribution < -0.4 is 5.32 Å². The Kier molecular flexibility index (Phi) is 2.66. The zero-order valence-electron chi connectivity index (χ0n) is 6.99. The van der Waals surface area contributed by atoms with Gasteiger partial charge in [-0.25, -0.2) is 0 Å². The number of hydrogen-bond donors (Lipinski definition) is 1. The van der Waals surface area contributed by atoms with Gasteiger partial charge in [0.2, 0.25) is 0 Å². The van der Waals surface area contributed by atoms with Gasteiger partial charge in [0.05, 0.1) is 10.7 Å². The van der Waals surface area contributed by atoms with Gasteiger partial charge in [0.15, 0.2) is 0 Å². The molecule has 0 saturated heterocycles. The quantitative estimate of drug-likeness (QED) is 0.711. The predicted molar refractivity (Wildman–Crippen MR) is 62.6 cm³/mol. The largest absolute Gasteiger partial charge is 0.348 e. The molecule has 1 heterocycles. The number of benzene rings is 1. The summed E-state index contributed by atoms with van der Waals surface area (Å²) in [5.41, 5.74) is 2.30. The Bertz CT molecular complexity index is 343. The van der Waals surface area contributed by atoms with Crippen LogP contribution in [0.5, 0.6) is 0 Å². The molecule has 13 heavy (non-hydrogen) atoms. The molecule has 0 radical (unpaired) electrons. The minimum absolute atomic E-state index is 0.895. The van der Waals surface area contributed by atoms with E-state index < -0.39 is 0 Å². The maximum absolute atomic E-state index is 5.11. The molecule has 1 aromatic carbocycles. The first kappa shape index (κ1) is 8.78. The smallest absolute Gasteiger partial charge is 0.0901 e. The monoisotopic (exact) mass is 207 g/mol. The van der Waals surface area contributed by atoms with Crippen molar-refractivity contribution in [2.45, 2.75) is 0 Å². The lowest BCUT2D eigenvalue weighted by Crippen LogP contribution is -2.24. The Balaban J connectivity index is 2.27. The molecule has 0 amide bonds. The highest BCUT2D eigenvalue weighted by atomic mass is 32.2. The molecule has 0 bridgehead atoms. The Morgan fingerprint density at radius 1 is 1.23 bits per heavy atom. The molecule has 0 fully saturated rings. The third-order valence-corrected chi connectivity index (χ3v) is 3.06. The number of rotatable bonds is 1. The van der Waals surface area contributed by atoms with Crippen molar-refractivity contribution in [2.24, 2.45) is 0 Å². The molecular formula is C10H9NS2. The molecule has 0 unspecified atom stereocenters. The molecule has 1 aromatic rings. The van der Waals surface area contributed by atoms with Gasteiger partial charge in [0.25, 0.3) is 0 Å². The molecule has 1 N–H and O–H groups in total. The van der Waals surface area contributed by atoms with Crippen molar-refractivity contribution in [2.75, 3.05) is 5.75 Å². The zero-order valence-corrected chi connectivity index (χ0v) is 8.62. The summed E-state index contributed by atoms with van der Waals surface area (Å²) in [5.74, 6) is 0.895. The van der Waals surface area contributed by atoms with Crippen molar-refractivity contribution in [1.82, 2.24) is 5.32 Å². The summed E-state index contributed by atoms with van der Waals surface area (Å²) in [6, 6.07) is 10.2. The Morgan fingerprint density at radius 3 is 2.69 bits per heavy atom. The maximum atomic E-state index is 5.11. The molecular weight excluding hydrogens is 198 g/mol. The zero-order chi connectivity index (χ0) is 9.10. The van der Waals surface area contributed by atoms with E-state index in [0.717, 1.165) is 16.4 Å². The Labute approximate surface area is 87.2 Å². The SMILES string of the molecule is S=C1CSC=C(c2ccccc2)N1.